The quantitative estimate of drug-likeness (QED) is 0.400. The summed E-state index contributed by atoms with van der Waals surface area (Å²) in [6, 6.07) is 1.66. The van der Waals surface area contributed by atoms with Crippen LogP contribution in [-0.2, 0) is 0 Å². The van der Waals surface area contributed by atoms with E-state index in [-0.39, 0.29) is 0 Å². The lowest BCUT2D eigenvalue weighted by Gasteiger charge is -1.92. The fourth-order valence-electron chi connectivity index (χ4n) is 0.483. The van der Waals surface area contributed by atoms with Gasteiger partial charge < -0.3 is 0 Å². The van der Waals surface area contributed by atoms with Crippen LogP contribution in [0.4, 0.5) is 5.69 Å². The van der Waals surface area contributed by atoms with Crippen LogP contribution in [0.1, 0.15) is 0 Å². The summed E-state index contributed by atoms with van der Waals surface area (Å²) in [7, 11) is 0. The fourth-order valence-corrected chi connectivity index (χ4v) is 1.38. The van der Waals surface area contributed by atoms with Gasteiger partial charge in [-0.05, 0) is 6.07 Å². The van der Waals surface area contributed by atoms with Crippen LogP contribution in [0.25, 0.3) is 4.85 Å². The van der Waals surface area contributed by atoms with Gasteiger partial charge in [0, 0.05) is 9.77 Å². The molecule has 0 fully saturated rings. The molecule has 0 amide bonds. The largest absolute Gasteiger partial charge is 0.256 e. The van der Waals surface area contributed by atoms with E-state index in [1.54, 1.807) is 6.07 Å². The zero-order valence-corrected chi connectivity index (χ0v) is 7.72. The summed E-state index contributed by atoms with van der Waals surface area (Å²) in [5.74, 6) is 0. The molecule has 0 unspecified atom stereocenters. The van der Waals surface area contributed by atoms with Crippen molar-refractivity contribution in [2.75, 3.05) is 0 Å². The Hall–Kier alpha value is -0.340. The van der Waals surface area contributed by atoms with E-state index in [1.807, 2.05) is 22.6 Å². The van der Waals surface area contributed by atoms with Crippen LogP contribution in [0, 0.1) is 10.1 Å². The predicted octanol–water partition coefficient (Wildman–Crippen LogP) is 2.89. The lowest BCUT2D eigenvalue weighted by atomic mass is 10.4. The van der Waals surface area contributed by atoms with Crippen LogP contribution < -0.4 is 0 Å². The van der Waals surface area contributed by atoms with Crippen molar-refractivity contribution in [2.24, 2.45) is 0 Å². The molecule has 10 heavy (non-hydrogen) atoms. The highest BCUT2D eigenvalue weighted by atomic mass is 127. The summed E-state index contributed by atoms with van der Waals surface area (Å²) in [6.07, 6.45) is 1.47. The Morgan fingerprint density at radius 3 is 2.90 bits per heavy atom. The van der Waals surface area contributed by atoms with E-state index >= 15 is 0 Å². The summed E-state index contributed by atoms with van der Waals surface area (Å²) in [4.78, 5) is 6.99. The standard InChI is InChI=1S/C6H2ClIN2/c1-9-5-3-10-6(7)2-4(5)8/h2-3H. The number of pyridine rings is 1. The molecule has 0 aliphatic heterocycles. The second-order valence-corrected chi connectivity index (χ2v) is 3.12. The van der Waals surface area contributed by atoms with Crippen LogP contribution in [0.2, 0.25) is 5.15 Å². The van der Waals surface area contributed by atoms with Crippen molar-refractivity contribution in [2.45, 2.75) is 0 Å². The number of hydrogen-bond donors (Lipinski definition) is 0. The van der Waals surface area contributed by atoms with Crippen molar-refractivity contribution in [1.29, 1.82) is 0 Å². The first-order valence-corrected chi connectivity index (χ1v) is 3.88. The van der Waals surface area contributed by atoms with Gasteiger partial charge >= 0.3 is 0 Å². The van der Waals surface area contributed by atoms with Gasteiger partial charge in [0.05, 0.1) is 6.57 Å². The van der Waals surface area contributed by atoms with Gasteiger partial charge in [-0.2, -0.15) is 0 Å². The summed E-state index contributed by atoms with van der Waals surface area (Å²) >= 11 is 7.60. The van der Waals surface area contributed by atoms with Crippen molar-refractivity contribution in [3.05, 3.63) is 32.4 Å². The number of nitrogens with zero attached hydrogens (tertiary/aromatic N) is 2. The molecule has 0 saturated heterocycles. The molecule has 1 rings (SSSR count). The van der Waals surface area contributed by atoms with E-state index < -0.39 is 0 Å². The van der Waals surface area contributed by atoms with Crippen molar-refractivity contribution in [3.8, 4) is 0 Å². The van der Waals surface area contributed by atoms with E-state index in [0.29, 0.717) is 10.8 Å². The van der Waals surface area contributed by atoms with Crippen LogP contribution in [0.5, 0.6) is 0 Å². The van der Waals surface area contributed by atoms with Crippen molar-refractivity contribution >= 4 is 39.9 Å². The average Bonchev–Trinajstić information content (AvgIpc) is 1.88. The van der Waals surface area contributed by atoms with Gasteiger partial charge in [-0.15, -0.1) is 0 Å². The first-order chi connectivity index (χ1) is 4.74. The van der Waals surface area contributed by atoms with Gasteiger partial charge in [0.15, 0.2) is 0 Å². The van der Waals surface area contributed by atoms with Gasteiger partial charge in [0.25, 0.3) is 0 Å². The molecule has 1 aromatic heterocycles. The molecular formula is C6H2ClIN2. The highest BCUT2D eigenvalue weighted by Gasteiger charge is 1.98. The monoisotopic (exact) mass is 264 g/mol. The lowest BCUT2D eigenvalue weighted by Crippen LogP contribution is -1.75. The van der Waals surface area contributed by atoms with Crippen LogP contribution in [0.3, 0.4) is 0 Å². The Balaban J connectivity index is 3.23. The van der Waals surface area contributed by atoms with E-state index in [4.69, 9.17) is 18.2 Å². The first-order valence-electron chi connectivity index (χ1n) is 2.42. The summed E-state index contributed by atoms with van der Waals surface area (Å²) in [5, 5.41) is 0.428. The zero-order valence-electron chi connectivity index (χ0n) is 4.81. The molecule has 0 bridgehead atoms. The normalized spacial score (nSPS) is 8.90. The minimum atomic E-state index is 0.428. The SMILES string of the molecule is [C-]#[N+]c1cnc(Cl)cc1I. The molecule has 2 nitrogen and oxygen atoms in total. The third-order valence-electron chi connectivity index (χ3n) is 0.921. The molecule has 0 aliphatic rings. The molecule has 0 N–H and O–H groups in total. The maximum Gasteiger partial charge on any atom is 0.218 e. The van der Waals surface area contributed by atoms with Gasteiger partial charge in [-0.25, -0.2) is 4.85 Å². The van der Waals surface area contributed by atoms with Crippen LogP contribution >= 0.6 is 34.2 Å². The number of hydrogen-bond acceptors (Lipinski definition) is 1. The number of rotatable bonds is 0. The average molecular weight is 264 g/mol. The van der Waals surface area contributed by atoms with Gasteiger partial charge in [-0.1, -0.05) is 34.2 Å². The molecule has 4 heteroatoms. The minimum Gasteiger partial charge on any atom is -0.256 e. The Kier molecular flexibility index (Phi) is 2.46. The Labute approximate surface area is 77.2 Å². The third kappa shape index (κ3) is 1.58. The van der Waals surface area contributed by atoms with Crippen LogP contribution in [0.15, 0.2) is 12.3 Å². The highest BCUT2D eigenvalue weighted by Crippen LogP contribution is 2.21. The molecule has 1 aromatic rings. The molecule has 1 heterocycles. The smallest absolute Gasteiger partial charge is 0.218 e. The highest BCUT2D eigenvalue weighted by molar-refractivity contribution is 14.1. The fraction of sp³-hybridized carbons (Fsp3) is 0. The third-order valence-corrected chi connectivity index (χ3v) is 1.99. The summed E-state index contributed by atoms with van der Waals surface area (Å²) in [5.41, 5.74) is 0.546. The summed E-state index contributed by atoms with van der Waals surface area (Å²) < 4.78 is 0.840. The molecular weight excluding hydrogens is 262 g/mol. The Morgan fingerprint density at radius 1 is 1.70 bits per heavy atom. The van der Waals surface area contributed by atoms with E-state index in [1.165, 1.54) is 6.20 Å². The molecule has 0 saturated carbocycles. The molecule has 0 aromatic carbocycles. The van der Waals surface area contributed by atoms with E-state index in [0.717, 1.165) is 3.57 Å². The second-order valence-electron chi connectivity index (χ2n) is 1.57. The van der Waals surface area contributed by atoms with Gasteiger partial charge in [-0.3, -0.25) is 4.98 Å². The Morgan fingerprint density at radius 2 is 2.40 bits per heavy atom. The Bertz CT molecular complexity index is 292. The molecule has 0 atom stereocenters. The maximum atomic E-state index is 6.69. The first kappa shape index (κ1) is 7.76. The molecule has 50 valence electrons. The van der Waals surface area contributed by atoms with Gasteiger partial charge in [0.1, 0.15) is 5.15 Å². The van der Waals surface area contributed by atoms with E-state index in [9.17, 15) is 0 Å². The van der Waals surface area contributed by atoms with Crippen LogP contribution in [-0.4, -0.2) is 4.98 Å². The number of aromatic nitrogens is 1. The summed E-state index contributed by atoms with van der Waals surface area (Å²) in [6.45, 7) is 6.69. The van der Waals surface area contributed by atoms with Gasteiger partial charge in [0.2, 0.25) is 5.69 Å². The predicted molar refractivity (Wildman–Crippen MR) is 48.2 cm³/mol. The lowest BCUT2D eigenvalue weighted by molar-refractivity contribution is 1.33. The van der Waals surface area contributed by atoms with Crippen molar-refractivity contribution in [1.82, 2.24) is 4.98 Å². The van der Waals surface area contributed by atoms with Crippen molar-refractivity contribution < 1.29 is 0 Å². The topological polar surface area (TPSA) is 17.2 Å². The zero-order chi connectivity index (χ0) is 7.56. The second kappa shape index (κ2) is 3.17. The minimum absolute atomic E-state index is 0.428. The van der Waals surface area contributed by atoms with Crippen molar-refractivity contribution in [3.63, 3.8) is 0 Å². The number of halogens is 2. The van der Waals surface area contributed by atoms with E-state index in [2.05, 4.69) is 9.83 Å². The molecule has 0 aliphatic carbocycles. The molecule has 0 radical (unpaired) electrons. The maximum absolute atomic E-state index is 6.69. The molecule has 0 spiro atoms.